The lowest BCUT2D eigenvalue weighted by molar-refractivity contribution is 0.419. The second-order valence-corrected chi connectivity index (χ2v) is 7.45. The van der Waals surface area contributed by atoms with E-state index in [1.807, 2.05) is 19.1 Å². The van der Waals surface area contributed by atoms with Gasteiger partial charge in [0, 0.05) is 19.6 Å². The predicted octanol–water partition coefficient (Wildman–Crippen LogP) is 2.60. The summed E-state index contributed by atoms with van der Waals surface area (Å²) in [6, 6.07) is 14.8. The van der Waals surface area contributed by atoms with Gasteiger partial charge in [0.05, 0.1) is 6.26 Å². The van der Waals surface area contributed by atoms with Crippen molar-refractivity contribution in [3.05, 3.63) is 48.0 Å². The van der Waals surface area contributed by atoms with Crippen LogP contribution in [0.25, 0.3) is 10.8 Å². The zero-order valence-corrected chi connectivity index (χ0v) is 14.1. The van der Waals surface area contributed by atoms with E-state index in [9.17, 15) is 8.42 Å². The summed E-state index contributed by atoms with van der Waals surface area (Å²) in [5.74, 6) is 0. The van der Waals surface area contributed by atoms with Crippen LogP contribution in [0.4, 0.5) is 0 Å². The van der Waals surface area contributed by atoms with E-state index in [1.165, 1.54) is 26.9 Å². The molecule has 2 rings (SSSR count). The number of sulfonamides is 1. The standard InChI is InChI=1S/C17H24N2O2S/c1-3-19(22(2,20)21)12-6-11-18-14-15-9-10-16-7-4-5-8-17(16)13-15/h4-5,7-10,13,18H,3,6,11-12,14H2,1-2H3. The molecule has 0 spiro atoms. The maximum absolute atomic E-state index is 11.5. The molecule has 0 unspecified atom stereocenters. The molecule has 120 valence electrons. The van der Waals surface area contributed by atoms with Gasteiger partial charge >= 0.3 is 0 Å². The number of fused-ring (bicyclic) bond motifs is 1. The third-order valence-electron chi connectivity index (χ3n) is 3.73. The van der Waals surface area contributed by atoms with Gasteiger partial charge in [-0.2, -0.15) is 0 Å². The quantitative estimate of drug-likeness (QED) is 0.761. The Balaban J connectivity index is 1.78. The Bertz CT molecular complexity index is 713. The van der Waals surface area contributed by atoms with Crippen molar-refractivity contribution in [2.24, 2.45) is 0 Å². The smallest absolute Gasteiger partial charge is 0.211 e. The highest BCUT2D eigenvalue weighted by Gasteiger charge is 2.12. The SMILES string of the molecule is CCN(CCCNCc1ccc2ccccc2c1)S(C)(=O)=O. The highest BCUT2D eigenvalue weighted by atomic mass is 32.2. The highest BCUT2D eigenvalue weighted by molar-refractivity contribution is 7.88. The zero-order chi connectivity index (χ0) is 16.0. The molecule has 0 aliphatic rings. The van der Waals surface area contributed by atoms with Crippen LogP contribution in [-0.2, 0) is 16.6 Å². The first-order chi connectivity index (χ1) is 10.5. The third kappa shape index (κ3) is 4.80. The van der Waals surface area contributed by atoms with Crippen molar-refractivity contribution < 1.29 is 8.42 Å². The molecule has 2 aromatic carbocycles. The van der Waals surface area contributed by atoms with Gasteiger partial charge in [-0.25, -0.2) is 12.7 Å². The fourth-order valence-electron chi connectivity index (χ4n) is 2.52. The first kappa shape index (κ1) is 16.9. The molecule has 0 atom stereocenters. The van der Waals surface area contributed by atoms with Crippen LogP contribution in [0.5, 0.6) is 0 Å². The molecule has 0 aliphatic carbocycles. The van der Waals surface area contributed by atoms with Gasteiger partial charge in [0.25, 0.3) is 0 Å². The summed E-state index contributed by atoms with van der Waals surface area (Å²) in [4.78, 5) is 0. The number of benzene rings is 2. The van der Waals surface area contributed by atoms with E-state index in [0.717, 1.165) is 19.5 Å². The molecule has 22 heavy (non-hydrogen) atoms. The number of nitrogens with zero attached hydrogens (tertiary/aromatic N) is 1. The molecule has 5 heteroatoms. The second kappa shape index (κ2) is 7.72. The number of hydrogen-bond donors (Lipinski definition) is 1. The largest absolute Gasteiger partial charge is 0.313 e. The molecule has 2 aromatic rings. The van der Waals surface area contributed by atoms with Crippen molar-refractivity contribution in [3.8, 4) is 0 Å². The minimum absolute atomic E-state index is 0.531. The number of nitrogens with one attached hydrogen (secondary N) is 1. The van der Waals surface area contributed by atoms with Crippen molar-refractivity contribution in [2.75, 3.05) is 25.9 Å². The summed E-state index contributed by atoms with van der Waals surface area (Å²) >= 11 is 0. The van der Waals surface area contributed by atoms with E-state index >= 15 is 0 Å². The summed E-state index contributed by atoms with van der Waals surface area (Å²) < 4.78 is 24.5. The van der Waals surface area contributed by atoms with E-state index in [4.69, 9.17) is 0 Å². The maximum atomic E-state index is 11.5. The molecular formula is C17H24N2O2S. The molecule has 0 saturated carbocycles. The van der Waals surface area contributed by atoms with Gasteiger partial charge in [-0.3, -0.25) is 0 Å². The van der Waals surface area contributed by atoms with Gasteiger partial charge < -0.3 is 5.32 Å². The van der Waals surface area contributed by atoms with E-state index in [-0.39, 0.29) is 0 Å². The van der Waals surface area contributed by atoms with Crippen molar-refractivity contribution >= 4 is 20.8 Å². The molecule has 0 saturated heterocycles. The van der Waals surface area contributed by atoms with E-state index in [1.54, 1.807) is 0 Å². The van der Waals surface area contributed by atoms with Crippen LogP contribution in [0.3, 0.4) is 0 Å². The molecule has 0 aromatic heterocycles. The zero-order valence-electron chi connectivity index (χ0n) is 13.2. The molecule has 1 N–H and O–H groups in total. The average molecular weight is 320 g/mol. The van der Waals surface area contributed by atoms with E-state index in [2.05, 4.69) is 35.6 Å². The van der Waals surface area contributed by atoms with Crippen LogP contribution in [0.2, 0.25) is 0 Å². The monoisotopic (exact) mass is 320 g/mol. The maximum Gasteiger partial charge on any atom is 0.211 e. The van der Waals surface area contributed by atoms with Gasteiger partial charge in [-0.1, -0.05) is 43.3 Å². The van der Waals surface area contributed by atoms with Crippen molar-refractivity contribution in [2.45, 2.75) is 19.9 Å². The molecule has 0 fully saturated rings. The molecule has 0 heterocycles. The van der Waals surface area contributed by atoms with Crippen molar-refractivity contribution in [1.82, 2.24) is 9.62 Å². The lowest BCUT2D eigenvalue weighted by atomic mass is 10.1. The molecule has 0 amide bonds. The van der Waals surface area contributed by atoms with Crippen LogP contribution in [-0.4, -0.2) is 38.6 Å². The topological polar surface area (TPSA) is 49.4 Å². The van der Waals surface area contributed by atoms with Gasteiger partial charge in [0.1, 0.15) is 0 Å². The first-order valence-corrected chi connectivity index (χ1v) is 9.49. The molecular weight excluding hydrogens is 296 g/mol. The minimum Gasteiger partial charge on any atom is -0.313 e. The normalized spacial score (nSPS) is 12.1. The Labute approximate surface area is 133 Å². The molecule has 0 aliphatic heterocycles. The summed E-state index contributed by atoms with van der Waals surface area (Å²) in [5.41, 5.74) is 1.24. The Morgan fingerprint density at radius 1 is 1.09 bits per heavy atom. The molecule has 4 nitrogen and oxygen atoms in total. The van der Waals surface area contributed by atoms with Crippen molar-refractivity contribution in [1.29, 1.82) is 0 Å². The van der Waals surface area contributed by atoms with Gasteiger partial charge in [0.15, 0.2) is 0 Å². The van der Waals surface area contributed by atoms with Crippen LogP contribution in [0.15, 0.2) is 42.5 Å². The fraction of sp³-hybridized carbons (Fsp3) is 0.412. The average Bonchev–Trinajstić information content (AvgIpc) is 2.49. The van der Waals surface area contributed by atoms with Crippen LogP contribution >= 0.6 is 0 Å². The number of rotatable bonds is 8. The predicted molar refractivity (Wildman–Crippen MR) is 92.4 cm³/mol. The highest BCUT2D eigenvalue weighted by Crippen LogP contribution is 2.15. The Morgan fingerprint density at radius 2 is 1.82 bits per heavy atom. The lowest BCUT2D eigenvalue weighted by Gasteiger charge is -2.17. The first-order valence-electron chi connectivity index (χ1n) is 7.64. The van der Waals surface area contributed by atoms with Crippen LogP contribution < -0.4 is 5.32 Å². The van der Waals surface area contributed by atoms with Crippen molar-refractivity contribution in [3.63, 3.8) is 0 Å². The Kier molecular flexibility index (Phi) is 5.94. The summed E-state index contributed by atoms with van der Waals surface area (Å²) in [7, 11) is -3.07. The van der Waals surface area contributed by atoms with E-state index in [0.29, 0.717) is 13.1 Å². The van der Waals surface area contributed by atoms with Crippen LogP contribution in [0, 0.1) is 0 Å². The minimum atomic E-state index is -3.07. The molecule has 0 radical (unpaired) electrons. The van der Waals surface area contributed by atoms with Gasteiger partial charge in [-0.15, -0.1) is 0 Å². The second-order valence-electron chi connectivity index (χ2n) is 5.47. The summed E-state index contributed by atoms with van der Waals surface area (Å²) in [6.45, 7) is 4.57. The summed E-state index contributed by atoms with van der Waals surface area (Å²) in [6.07, 6.45) is 2.08. The summed E-state index contributed by atoms with van der Waals surface area (Å²) in [5, 5.41) is 5.87. The third-order valence-corrected chi connectivity index (χ3v) is 5.10. The lowest BCUT2D eigenvalue weighted by Crippen LogP contribution is -2.32. The number of hydrogen-bond acceptors (Lipinski definition) is 3. The van der Waals surface area contributed by atoms with E-state index < -0.39 is 10.0 Å². The van der Waals surface area contributed by atoms with Gasteiger partial charge in [0.2, 0.25) is 10.0 Å². The Morgan fingerprint density at radius 3 is 2.50 bits per heavy atom. The Hall–Kier alpha value is -1.43. The van der Waals surface area contributed by atoms with Crippen LogP contribution in [0.1, 0.15) is 18.9 Å². The fourth-order valence-corrected chi connectivity index (χ4v) is 3.45. The molecule has 0 bridgehead atoms. The van der Waals surface area contributed by atoms with Gasteiger partial charge in [-0.05, 0) is 35.4 Å².